The Balaban J connectivity index is 2.03. The highest BCUT2D eigenvalue weighted by Crippen LogP contribution is 2.35. The summed E-state index contributed by atoms with van der Waals surface area (Å²) in [5, 5.41) is 11.4. The van der Waals surface area contributed by atoms with Crippen LogP contribution in [-0.4, -0.2) is 39.1 Å². The average molecular weight is 426 g/mol. The highest BCUT2D eigenvalue weighted by atomic mass is 32.2. The lowest BCUT2D eigenvalue weighted by molar-refractivity contribution is -0.119. The van der Waals surface area contributed by atoms with Gasteiger partial charge in [-0.1, -0.05) is 48.5 Å². The fraction of sp³-hybridized carbons (Fsp3) is 0.136. The second-order valence-corrected chi connectivity index (χ2v) is 8.14. The molecule has 0 fully saturated rings. The summed E-state index contributed by atoms with van der Waals surface area (Å²) < 4.78 is 33.7. The molecule has 3 rings (SSSR count). The molecule has 0 atom stereocenters. The van der Waals surface area contributed by atoms with Crippen LogP contribution in [0.5, 0.6) is 11.5 Å². The minimum absolute atomic E-state index is 0.0280. The first-order valence-corrected chi connectivity index (χ1v) is 10.7. The summed E-state index contributed by atoms with van der Waals surface area (Å²) in [6.07, 6.45) is 0. The SMILES string of the molecule is O=C(CN(c1ccccc1Oc1ccccc1)S(=O)(=O)c1ccccc1)NCCO. The summed E-state index contributed by atoms with van der Waals surface area (Å²) in [7, 11) is -4.06. The van der Waals surface area contributed by atoms with E-state index in [0.717, 1.165) is 4.31 Å². The summed E-state index contributed by atoms with van der Waals surface area (Å²) in [4.78, 5) is 12.4. The Kier molecular flexibility index (Phi) is 7.05. The van der Waals surface area contributed by atoms with Crippen LogP contribution in [0.4, 0.5) is 5.69 Å². The predicted octanol–water partition coefficient (Wildman–Crippen LogP) is 2.78. The van der Waals surface area contributed by atoms with Gasteiger partial charge in [0.1, 0.15) is 12.3 Å². The molecule has 156 valence electrons. The summed E-state index contributed by atoms with van der Waals surface area (Å²) in [6.45, 7) is -0.683. The lowest BCUT2D eigenvalue weighted by Gasteiger charge is -2.26. The molecule has 1 amide bonds. The van der Waals surface area contributed by atoms with Crippen LogP contribution in [0.2, 0.25) is 0 Å². The molecule has 0 spiro atoms. The monoisotopic (exact) mass is 426 g/mol. The molecule has 0 saturated heterocycles. The maximum absolute atomic E-state index is 13.4. The second-order valence-electron chi connectivity index (χ2n) is 6.28. The van der Waals surface area contributed by atoms with E-state index in [1.165, 1.54) is 12.1 Å². The van der Waals surface area contributed by atoms with Crippen LogP contribution < -0.4 is 14.4 Å². The standard InChI is InChI=1S/C22H22N2O5S/c25-16-15-23-22(26)17-24(30(27,28)19-11-5-2-6-12-19)20-13-7-8-14-21(20)29-18-9-3-1-4-10-18/h1-14,25H,15-17H2,(H,23,26). The number of para-hydroxylation sites is 3. The van der Waals surface area contributed by atoms with Crippen molar-refractivity contribution in [2.24, 2.45) is 0 Å². The first-order valence-electron chi connectivity index (χ1n) is 9.29. The number of aliphatic hydroxyl groups excluding tert-OH is 1. The minimum atomic E-state index is -4.06. The Hall–Kier alpha value is -3.36. The fourth-order valence-electron chi connectivity index (χ4n) is 2.77. The number of hydrogen-bond donors (Lipinski definition) is 2. The Morgan fingerprint density at radius 2 is 1.50 bits per heavy atom. The largest absolute Gasteiger partial charge is 0.455 e. The zero-order chi connectivity index (χ0) is 21.4. The maximum Gasteiger partial charge on any atom is 0.264 e. The van der Waals surface area contributed by atoms with Gasteiger partial charge < -0.3 is 15.2 Å². The molecule has 3 aromatic carbocycles. The fourth-order valence-corrected chi connectivity index (χ4v) is 4.22. The predicted molar refractivity (Wildman–Crippen MR) is 114 cm³/mol. The molecule has 8 heteroatoms. The van der Waals surface area contributed by atoms with Gasteiger partial charge in [-0.2, -0.15) is 0 Å². The number of nitrogens with one attached hydrogen (secondary N) is 1. The number of carbonyl (C=O) groups excluding carboxylic acids is 1. The van der Waals surface area contributed by atoms with Crippen LogP contribution in [0.1, 0.15) is 0 Å². The smallest absolute Gasteiger partial charge is 0.264 e. The molecule has 2 N–H and O–H groups in total. The Labute approximate surface area is 175 Å². The number of ether oxygens (including phenoxy) is 1. The van der Waals surface area contributed by atoms with Crippen LogP contribution in [0.15, 0.2) is 89.8 Å². The van der Waals surface area contributed by atoms with Crippen molar-refractivity contribution in [3.63, 3.8) is 0 Å². The molecule has 0 saturated carbocycles. The first-order chi connectivity index (χ1) is 14.5. The number of benzene rings is 3. The van der Waals surface area contributed by atoms with E-state index in [2.05, 4.69) is 5.32 Å². The molecular weight excluding hydrogens is 404 g/mol. The van der Waals surface area contributed by atoms with Crippen LogP contribution in [-0.2, 0) is 14.8 Å². The van der Waals surface area contributed by atoms with Crippen molar-refractivity contribution in [1.29, 1.82) is 0 Å². The summed E-state index contributed by atoms with van der Waals surface area (Å²) >= 11 is 0. The molecule has 7 nitrogen and oxygen atoms in total. The van der Waals surface area contributed by atoms with Gasteiger partial charge in [0.05, 0.1) is 17.2 Å². The van der Waals surface area contributed by atoms with Crippen molar-refractivity contribution in [2.45, 2.75) is 4.90 Å². The van der Waals surface area contributed by atoms with E-state index in [4.69, 9.17) is 9.84 Å². The van der Waals surface area contributed by atoms with Crippen LogP contribution >= 0.6 is 0 Å². The minimum Gasteiger partial charge on any atom is -0.455 e. The van der Waals surface area contributed by atoms with Crippen LogP contribution in [0, 0.1) is 0 Å². The van der Waals surface area contributed by atoms with E-state index in [9.17, 15) is 13.2 Å². The Bertz CT molecular complexity index is 1070. The molecule has 0 aliphatic carbocycles. The number of rotatable bonds is 9. The molecule has 30 heavy (non-hydrogen) atoms. The molecule has 0 heterocycles. The van der Waals surface area contributed by atoms with Crippen molar-refractivity contribution in [1.82, 2.24) is 5.32 Å². The number of aliphatic hydroxyl groups is 1. The van der Waals surface area contributed by atoms with Gasteiger partial charge in [0.2, 0.25) is 5.91 Å². The van der Waals surface area contributed by atoms with Crippen molar-refractivity contribution in [3.8, 4) is 11.5 Å². The van der Waals surface area contributed by atoms with E-state index in [1.54, 1.807) is 66.7 Å². The van der Waals surface area contributed by atoms with E-state index < -0.39 is 22.5 Å². The van der Waals surface area contributed by atoms with Gasteiger partial charge in [0.25, 0.3) is 10.0 Å². The van der Waals surface area contributed by atoms with Crippen LogP contribution in [0.25, 0.3) is 0 Å². The number of nitrogens with zero attached hydrogens (tertiary/aromatic N) is 1. The zero-order valence-corrected chi connectivity index (χ0v) is 17.0. The number of amides is 1. The van der Waals surface area contributed by atoms with Gasteiger partial charge in [0, 0.05) is 6.54 Å². The van der Waals surface area contributed by atoms with E-state index in [0.29, 0.717) is 5.75 Å². The molecule has 3 aromatic rings. The topological polar surface area (TPSA) is 95.9 Å². The first kappa shape index (κ1) is 21.4. The third-order valence-corrected chi connectivity index (χ3v) is 5.93. The van der Waals surface area contributed by atoms with Crippen molar-refractivity contribution in [2.75, 3.05) is 24.0 Å². The molecule has 0 bridgehead atoms. The highest BCUT2D eigenvalue weighted by molar-refractivity contribution is 7.92. The van der Waals surface area contributed by atoms with Gasteiger partial charge in [-0.25, -0.2) is 8.42 Å². The molecule has 0 aromatic heterocycles. The Morgan fingerprint density at radius 1 is 0.900 bits per heavy atom. The average Bonchev–Trinajstić information content (AvgIpc) is 2.78. The quantitative estimate of drug-likeness (QED) is 0.549. The lowest BCUT2D eigenvalue weighted by atomic mass is 10.3. The zero-order valence-electron chi connectivity index (χ0n) is 16.1. The highest BCUT2D eigenvalue weighted by Gasteiger charge is 2.29. The van der Waals surface area contributed by atoms with Gasteiger partial charge in [-0.15, -0.1) is 0 Å². The van der Waals surface area contributed by atoms with E-state index >= 15 is 0 Å². The summed E-state index contributed by atoms with van der Waals surface area (Å²) in [5.74, 6) is 0.281. The molecule has 0 unspecified atom stereocenters. The van der Waals surface area contributed by atoms with Gasteiger partial charge in [-0.05, 0) is 36.4 Å². The maximum atomic E-state index is 13.4. The van der Waals surface area contributed by atoms with E-state index in [-0.39, 0.29) is 29.5 Å². The van der Waals surface area contributed by atoms with Gasteiger partial charge in [-0.3, -0.25) is 9.10 Å². The van der Waals surface area contributed by atoms with Crippen LogP contribution in [0.3, 0.4) is 0 Å². The molecular formula is C22H22N2O5S. The van der Waals surface area contributed by atoms with Crippen molar-refractivity contribution < 1.29 is 23.1 Å². The van der Waals surface area contributed by atoms with E-state index in [1.807, 2.05) is 6.07 Å². The summed E-state index contributed by atoms with van der Waals surface area (Å²) in [5.41, 5.74) is 0.226. The molecule has 0 radical (unpaired) electrons. The lowest BCUT2D eigenvalue weighted by Crippen LogP contribution is -2.41. The molecule has 0 aliphatic rings. The number of anilines is 1. The normalized spacial score (nSPS) is 11.0. The number of hydrogen-bond acceptors (Lipinski definition) is 5. The molecule has 0 aliphatic heterocycles. The number of carbonyl (C=O) groups is 1. The van der Waals surface area contributed by atoms with Crippen molar-refractivity contribution in [3.05, 3.63) is 84.9 Å². The third-order valence-electron chi connectivity index (χ3n) is 4.16. The van der Waals surface area contributed by atoms with Gasteiger partial charge in [0.15, 0.2) is 5.75 Å². The summed E-state index contributed by atoms with van der Waals surface area (Å²) in [6, 6.07) is 23.4. The third kappa shape index (κ3) is 5.16. The number of sulfonamides is 1. The Morgan fingerprint density at radius 3 is 2.17 bits per heavy atom. The van der Waals surface area contributed by atoms with Crippen molar-refractivity contribution >= 4 is 21.6 Å². The second kappa shape index (κ2) is 9.91. The van der Waals surface area contributed by atoms with Gasteiger partial charge >= 0.3 is 0 Å².